The molecular formula is C22H19NO4. The molecule has 2 aliphatic rings. The van der Waals surface area contributed by atoms with Crippen molar-refractivity contribution in [3.63, 3.8) is 0 Å². The van der Waals surface area contributed by atoms with Crippen LogP contribution in [0.5, 0.6) is 17.2 Å². The van der Waals surface area contributed by atoms with Gasteiger partial charge in [0, 0.05) is 29.3 Å². The van der Waals surface area contributed by atoms with Crippen LogP contribution < -0.4 is 9.38 Å². The van der Waals surface area contributed by atoms with Crippen molar-refractivity contribution in [2.45, 2.75) is 12.2 Å². The van der Waals surface area contributed by atoms with Crippen LogP contribution in [0, 0.1) is 5.21 Å². The number of aromatic hydroxyl groups is 1. The lowest BCUT2D eigenvalue weighted by molar-refractivity contribution is 0.0199. The predicted molar refractivity (Wildman–Crippen MR) is 103 cm³/mol. The first-order valence-electron chi connectivity index (χ1n) is 8.83. The summed E-state index contributed by atoms with van der Waals surface area (Å²) in [6.45, 7) is 0.487. The van der Waals surface area contributed by atoms with E-state index >= 15 is 0 Å². The second-order valence-corrected chi connectivity index (χ2v) is 7.44. The normalized spacial score (nSPS) is 20.0. The third-order valence-electron chi connectivity index (χ3n) is 5.37. The molecule has 0 radical (unpaired) electrons. The highest BCUT2D eigenvalue weighted by Crippen LogP contribution is 2.57. The molecule has 2 heterocycles. The zero-order valence-corrected chi connectivity index (χ0v) is 15.1. The maximum atomic E-state index is 12.4. The number of nitrogens with zero attached hydrogens (tertiary/aromatic N) is 1. The average Bonchev–Trinajstić information content (AvgIpc) is 3.01. The summed E-state index contributed by atoms with van der Waals surface area (Å²) in [6.07, 6.45) is 0. The van der Waals surface area contributed by atoms with E-state index in [4.69, 9.17) is 9.47 Å². The Bertz CT molecular complexity index is 1070. The molecule has 1 spiro atoms. The van der Waals surface area contributed by atoms with Gasteiger partial charge in [0.1, 0.15) is 22.9 Å². The molecule has 0 amide bonds. The topological polar surface area (TPSA) is 61.8 Å². The van der Waals surface area contributed by atoms with Gasteiger partial charge in [0.2, 0.25) is 0 Å². The Morgan fingerprint density at radius 3 is 2.41 bits per heavy atom. The average molecular weight is 361 g/mol. The molecule has 0 aliphatic carbocycles. The van der Waals surface area contributed by atoms with Gasteiger partial charge in [-0.1, -0.05) is 24.3 Å². The largest absolute Gasteiger partial charge is 0.628 e. The second kappa shape index (κ2) is 5.33. The van der Waals surface area contributed by atoms with E-state index in [-0.39, 0.29) is 5.75 Å². The summed E-state index contributed by atoms with van der Waals surface area (Å²) in [5.41, 5.74) is 3.66. The number of benzene rings is 3. The van der Waals surface area contributed by atoms with Crippen molar-refractivity contribution in [1.29, 1.82) is 0 Å². The predicted octanol–water partition coefficient (Wildman–Crippen LogP) is 4.38. The van der Waals surface area contributed by atoms with Crippen molar-refractivity contribution in [2.24, 2.45) is 0 Å². The maximum absolute atomic E-state index is 12.4. The van der Waals surface area contributed by atoms with Gasteiger partial charge in [-0.25, -0.2) is 0 Å². The van der Waals surface area contributed by atoms with Crippen molar-refractivity contribution in [3.05, 3.63) is 88.1 Å². The van der Waals surface area contributed by atoms with Gasteiger partial charge in [-0.2, -0.15) is 0 Å². The lowest BCUT2D eigenvalue weighted by atomic mass is 9.77. The van der Waals surface area contributed by atoms with Gasteiger partial charge >= 0.3 is 0 Å². The van der Waals surface area contributed by atoms with Crippen molar-refractivity contribution < 1.29 is 14.6 Å². The zero-order valence-electron chi connectivity index (χ0n) is 15.1. The standard InChI is InChI=1S/C22H19NO4/c1-23(2,25)15-7-9-18-20(11-15)27-21-12-16(24)8-10-19(21)22(18)17-6-4-3-5-14(17)13-26-22/h3-12,24H,13H2,1-2H3. The first-order chi connectivity index (χ1) is 12.9. The zero-order chi connectivity index (χ0) is 18.8. The van der Waals surface area contributed by atoms with E-state index in [9.17, 15) is 10.3 Å². The fourth-order valence-electron chi connectivity index (χ4n) is 4.07. The molecule has 1 unspecified atom stereocenters. The van der Waals surface area contributed by atoms with Crippen LogP contribution in [0.15, 0.2) is 60.7 Å². The quantitative estimate of drug-likeness (QED) is 0.516. The summed E-state index contributed by atoms with van der Waals surface area (Å²) in [5.74, 6) is 1.23. The molecule has 0 saturated heterocycles. The number of hydrogen-bond acceptors (Lipinski definition) is 4. The molecule has 27 heavy (non-hydrogen) atoms. The fraction of sp³-hybridized carbons (Fsp3) is 0.182. The highest BCUT2D eigenvalue weighted by Gasteiger charge is 2.49. The smallest absolute Gasteiger partial charge is 0.151 e. The summed E-state index contributed by atoms with van der Waals surface area (Å²) in [6, 6.07) is 18.7. The van der Waals surface area contributed by atoms with E-state index in [1.54, 1.807) is 32.3 Å². The van der Waals surface area contributed by atoms with Crippen LogP contribution >= 0.6 is 0 Å². The minimum Gasteiger partial charge on any atom is -0.628 e. The summed E-state index contributed by atoms with van der Waals surface area (Å²) in [4.78, 5) is 0. The molecule has 2 aliphatic heterocycles. The van der Waals surface area contributed by atoms with Crippen molar-refractivity contribution in [2.75, 3.05) is 14.1 Å². The van der Waals surface area contributed by atoms with Gasteiger partial charge in [-0.05, 0) is 29.3 Å². The van der Waals surface area contributed by atoms with E-state index in [1.807, 2.05) is 30.3 Å². The molecular weight excluding hydrogens is 342 g/mol. The summed E-state index contributed by atoms with van der Waals surface area (Å²) < 4.78 is 12.0. The molecule has 1 atom stereocenters. The van der Waals surface area contributed by atoms with Crippen molar-refractivity contribution in [1.82, 2.24) is 4.65 Å². The molecule has 3 aromatic carbocycles. The first-order valence-corrected chi connectivity index (χ1v) is 8.83. The van der Waals surface area contributed by atoms with Crippen LogP contribution in [0.1, 0.15) is 22.3 Å². The fourth-order valence-corrected chi connectivity index (χ4v) is 4.07. The van der Waals surface area contributed by atoms with Gasteiger partial charge in [-0.15, -0.1) is 0 Å². The Labute approximate surface area is 157 Å². The molecule has 0 saturated carbocycles. The maximum Gasteiger partial charge on any atom is 0.151 e. The summed E-state index contributed by atoms with van der Waals surface area (Å²) >= 11 is 0. The Kier molecular flexibility index (Phi) is 3.22. The van der Waals surface area contributed by atoms with Gasteiger partial charge in [0.05, 0.1) is 20.7 Å². The number of hydrogen-bond donors (Lipinski definition) is 1. The van der Waals surface area contributed by atoms with E-state index in [0.29, 0.717) is 23.8 Å². The third kappa shape index (κ3) is 2.23. The Hall–Kier alpha value is -2.86. The first kappa shape index (κ1) is 16.3. The van der Waals surface area contributed by atoms with Crippen LogP contribution in [-0.4, -0.2) is 19.2 Å². The summed E-state index contributed by atoms with van der Waals surface area (Å²) in [5, 5.41) is 22.4. The molecule has 3 aromatic rings. The van der Waals surface area contributed by atoms with E-state index in [2.05, 4.69) is 12.1 Å². The molecule has 5 nitrogen and oxygen atoms in total. The Morgan fingerprint density at radius 2 is 1.63 bits per heavy atom. The molecule has 136 valence electrons. The number of phenolic OH excluding ortho intramolecular Hbond substituents is 1. The number of fused-ring (bicyclic) bond motifs is 6. The third-order valence-corrected chi connectivity index (χ3v) is 5.37. The molecule has 5 heteroatoms. The molecule has 1 N–H and O–H groups in total. The number of rotatable bonds is 1. The summed E-state index contributed by atoms with van der Waals surface area (Å²) in [7, 11) is 3.14. The van der Waals surface area contributed by atoms with E-state index in [1.165, 1.54) is 0 Å². The van der Waals surface area contributed by atoms with Gasteiger partial charge < -0.3 is 24.4 Å². The molecule has 0 aromatic heterocycles. The minimum absolute atomic E-state index is 0.120. The lowest BCUT2D eigenvalue weighted by Gasteiger charge is -2.39. The SMILES string of the molecule is C[N+](C)([O-])c1ccc2c(c1)Oc1cc(O)ccc1C21OCc2ccccc21. The Balaban J connectivity index is 1.83. The number of phenols is 1. The number of hydroxylamine groups is 2. The molecule has 0 fully saturated rings. The minimum atomic E-state index is -0.814. The van der Waals surface area contributed by atoms with Crippen molar-refractivity contribution in [3.8, 4) is 17.2 Å². The van der Waals surface area contributed by atoms with Crippen LogP contribution in [0.4, 0.5) is 5.69 Å². The monoisotopic (exact) mass is 361 g/mol. The van der Waals surface area contributed by atoms with Crippen LogP contribution in [0.2, 0.25) is 0 Å². The van der Waals surface area contributed by atoms with Gasteiger partial charge in [-0.3, -0.25) is 0 Å². The van der Waals surface area contributed by atoms with Crippen molar-refractivity contribution >= 4 is 5.69 Å². The highest BCUT2D eigenvalue weighted by atomic mass is 16.5. The molecule has 5 rings (SSSR count). The van der Waals surface area contributed by atoms with Crippen LogP contribution in [0.3, 0.4) is 0 Å². The number of ether oxygens (including phenoxy) is 2. The Morgan fingerprint density at radius 1 is 0.926 bits per heavy atom. The van der Waals surface area contributed by atoms with Gasteiger partial charge in [0.25, 0.3) is 0 Å². The number of quaternary nitrogens is 1. The molecule has 0 bridgehead atoms. The van der Waals surface area contributed by atoms with E-state index in [0.717, 1.165) is 22.3 Å². The lowest BCUT2D eigenvalue weighted by Crippen LogP contribution is -2.34. The van der Waals surface area contributed by atoms with Crippen LogP contribution in [0.25, 0.3) is 0 Å². The van der Waals surface area contributed by atoms with E-state index < -0.39 is 10.2 Å². The second-order valence-electron chi connectivity index (χ2n) is 7.44. The van der Waals surface area contributed by atoms with Crippen LogP contribution in [-0.2, 0) is 16.9 Å². The van der Waals surface area contributed by atoms with Gasteiger partial charge in [0.15, 0.2) is 5.60 Å². The highest BCUT2D eigenvalue weighted by molar-refractivity contribution is 5.67.